The second kappa shape index (κ2) is 10.4. The number of tetrazole rings is 1. The maximum atomic E-state index is 13.7. The minimum atomic E-state index is -0.753. The van der Waals surface area contributed by atoms with Crippen molar-refractivity contribution in [3.8, 4) is 22.5 Å². The highest BCUT2D eigenvalue weighted by Gasteiger charge is 2.32. The fourth-order valence-electron chi connectivity index (χ4n) is 5.06. The van der Waals surface area contributed by atoms with Crippen molar-refractivity contribution in [3.63, 3.8) is 0 Å². The minimum Gasteiger partial charge on any atom is -0.464 e. The molecule has 0 bridgehead atoms. The zero-order chi connectivity index (χ0) is 25.9. The molecule has 2 unspecified atom stereocenters. The number of carbonyl (C=O) groups is 1. The van der Waals surface area contributed by atoms with Gasteiger partial charge in [-0.25, -0.2) is 9.48 Å². The number of nitrogens with one attached hydrogen (secondary N) is 1. The van der Waals surface area contributed by atoms with Gasteiger partial charge >= 0.3 is 5.97 Å². The first kappa shape index (κ1) is 24.4. The van der Waals surface area contributed by atoms with Gasteiger partial charge < -0.3 is 4.74 Å². The third kappa shape index (κ3) is 4.52. The molecule has 9 heteroatoms. The Balaban J connectivity index is 1.50. The molecule has 2 atom stereocenters. The van der Waals surface area contributed by atoms with Gasteiger partial charge in [0, 0.05) is 23.2 Å². The van der Waals surface area contributed by atoms with Gasteiger partial charge in [0.1, 0.15) is 0 Å². The van der Waals surface area contributed by atoms with Gasteiger partial charge in [0.15, 0.2) is 6.04 Å². The van der Waals surface area contributed by atoms with E-state index in [-0.39, 0.29) is 18.2 Å². The molecule has 2 aromatic carbocycles. The summed E-state index contributed by atoms with van der Waals surface area (Å²) in [6.45, 7) is 6.17. The van der Waals surface area contributed by atoms with E-state index in [0.29, 0.717) is 12.2 Å². The maximum absolute atomic E-state index is 13.7. The molecule has 0 aliphatic carbocycles. The molecule has 0 saturated heterocycles. The highest BCUT2D eigenvalue weighted by molar-refractivity contribution is 5.80. The second-order valence-electron chi connectivity index (χ2n) is 9.15. The lowest BCUT2D eigenvalue weighted by Crippen LogP contribution is -2.36. The monoisotopic (exact) mass is 498 g/mol. The van der Waals surface area contributed by atoms with Crippen LogP contribution in [0.4, 0.5) is 0 Å². The fourth-order valence-corrected chi connectivity index (χ4v) is 5.06. The van der Waals surface area contributed by atoms with E-state index in [4.69, 9.17) is 4.74 Å². The lowest BCUT2D eigenvalue weighted by molar-refractivity contribution is -0.146. The van der Waals surface area contributed by atoms with Gasteiger partial charge in [-0.2, -0.15) is 5.21 Å². The van der Waals surface area contributed by atoms with Crippen molar-refractivity contribution >= 4 is 5.97 Å². The van der Waals surface area contributed by atoms with Crippen molar-refractivity contribution in [2.24, 2.45) is 0 Å². The number of allylic oxidation sites excluding steroid dienone is 1. The van der Waals surface area contributed by atoms with Crippen LogP contribution < -0.4 is 5.56 Å². The van der Waals surface area contributed by atoms with Crippen molar-refractivity contribution in [2.45, 2.75) is 52.1 Å². The lowest BCUT2D eigenvalue weighted by Gasteiger charge is -2.27. The van der Waals surface area contributed by atoms with Crippen LogP contribution in [-0.4, -0.2) is 42.6 Å². The molecule has 0 spiro atoms. The summed E-state index contributed by atoms with van der Waals surface area (Å²) in [5.41, 5.74) is 5.50. The number of H-pyrrole nitrogens is 1. The molecule has 2 aromatic heterocycles. The van der Waals surface area contributed by atoms with Gasteiger partial charge in [-0.1, -0.05) is 74.0 Å². The van der Waals surface area contributed by atoms with Crippen LogP contribution in [0, 0.1) is 0 Å². The molecule has 5 rings (SSSR count). The van der Waals surface area contributed by atoms with Gasteiger partial charge in [-0.15, -0.1) is 10.2 Å². The first-order chi connectivity index (χ1) is 18.0. The summed E-state index contributed by atoms with van der Waals surface area (Å²) in [6, 6.07) is 15.3. The number of hydrogen-bond donors (Lipinski definition) is 1. The van der Waals surface area contributed by atoms with Crippen LogP contribution in [-0.2, 0) is 22.4 Å². The zero-order valence-electron chi connectivity index (χ0n) is 21.2. The van der Waals surface area contributed by atoms with Crippen LogP contribution in [0.2, 0.25) is 0 Å². The number of esters is 1. The van der Waals surface area contributed by atoms with Crippen LogP contribution >= 0.6 is 0 Å². The smallest absolute Gasteiger partial charge is 0.335 e. The minimum absolute atomic E-state index is 0.0299. The van der Waals surface area contributed by atoms with Gasteiger partial charge in [0.2, 0.25) is 5.82 Å². The van der Waals surface area contributed by atoms with E-state index >= 15 is 0 Å². The molecular formula is C28H30N6O3. The first-order valence-corrected chi connectivity index (χ1v) is 12.6. The molecule has 1 aliphatic rings. The van der Waals surface area contributed by atoms with Crippen molar-refractivity contribution in [1.29, 1.82) is 0 Å². The van der Waals surface area contributed by atoms with Crippen LogP contribution in [0.25, 0.3) is 22.5 Å². The molecule has 1 aliphatic heterocycles. The molecule has 37 heavy (non-hydrogen) atoms. The molecule has 0 radical (unpaired) electrons. The Morgan fingerprint density at radius 1 is 1.03 bits per heavy atom. The Morgan fingerprint density at radius 2 is 1.78 bits per heavy atom. The Labute approximate surface area is 214 Å². The third-order valence-corrected chi connectivity index (χ3v) is 6.72. The Bertz CT molecular complexity index is 1480. The van der Waals surface area contributed by atoms with E-state index in [1.807, 2.05) is 66.2 Å². The standard InChI is InChI=1S/C28H30N6O3/c1-4-8-24-23(27(35)34-25(28(36)37-5-2)16-11-18(3)33(24)34)17-19-12-14-20(15-13-19)21-9-6-7-10-22(21)26-29-31-32-30-26/h6-7,9-16,18,25H,4-5,8,17H2,1-3H3,(H,29,30,31,32). The van der Waals surface area contributed by atoms with Crippen molar-refractivity contribution < 1.29 is 9.53 Å². The summed E-state index contributed by atoms with van der Waals surface area (Å²) in [6.07, 6.45) is 5.87. The number of nitrogens with zero attached hydrogens (tertiary/aromatic N) is 5. The Hall–Kier alpha value is -4.27. The normalized spacial score (nSPS) is 16.5. The van der Waals surface area contributed by atoms with Crippen molar-refractivity contribution in [1.82, 2.24) is 30.0 Å². The van der Waals surface area contributed by atoms with Crippen LogP contribution in [0.5, 0.6) is 0 Å². The molecule has 190 valence electrons. The van der Waals surface area contributed by atoms with E-state index < -0.39 is 12.0 Å². The number of ether oxygens (including phenoxy) is 1. The quantitative estimate of drug-likeness (QED) is 0.287. The van der Waals surface area contributed by atoms with Crippen LogP contribution in [0.1, 0.15) is 56.1 Å². The van der Waals surface area contributed by atoms with E-state index in [2.05, 4.69) is 27.5 Å². The fraction of sp³-hybridized carbons (Fsp3) is 0.321. The van der Waals surface area contributed by atoms with E-state index in [9.17, 15) is 9.59 Å². The van der Waals surface area contributed by atoms with Crippen molar-refractivity contribution in [3.05, 3.63) is 87.9 Å². The molecule has 0 saturated carbocycles. The molecule has 3 heterocycles. The van der Waals surface area contributed by atoms with Gasteiger partial charge in [-0.05, 0) is 42.2 Å². The zero-order valence-corrected chi connectivity index (χ0v) is 21.2. The predicted octanol–water partition coefficient (Wildman–Crippen LogP) is 4.28. The van der Waals surface area contributed by atoms with E-state index in [0.717, 1.165) is 46.4 Å². The molecule has 1 N–H and O–H groups in total. The molecule has 9 nitrogen and oxygen atoms in total. The van der Waals surface area contributed by atoms with Gasteiger partial charge in [0.05, 0.1) is 12.6 Å². The largest absolute Gasteiger partial charge is 0.464 e. The summed E-state index contributed by atoms with van der Waals surface area (Å²) < 4.78 is 8.84. The topological polar surface area (TPSA) is 108 Å². The summed E-state index contributed by atoms with van der Waals surface area (Å²) in [7, 11) is 0. The summed E-state index contributed by atoms with van der Waals surface area (Å²) in [4.78, 5) is 26.4. The average molecular weight is 499 g/mol. The molecule has 0 fully saturated rings. The van der Waals surface area contributed by atoms with Crippen molar-refractivity contribution in [2.75, 3.05) is 6.61 Å². The van der Waals surface area contributed by atoms with E-state index in [1.54, 1.807) is 17.7 Å². The highest BCUT2D eigenvalue weighted by atomic mass is 16.5. The number of carbonyl (C=O) groups excluding carboxylic acids is 1. The molecule has 0 amide bonds. The highest BCUT2D eigenvalue weighted by Crippen LogP contribution is 2.31. The van der Waals surface area contributed by atoms with Crippen LogP contribution in [0.3, 0.4) is 0 Å². The number of aromatic amines is 1. The summed E-state index contributed by atoms with van der Waals surface area (Å²) in [5, 5.41) is 14.4. The van der Waals surface area contributed by atoms with Crippen LogP contribution in [0.15, 0.2) is 65.5 Å². The molecule has 4 aromatic rings. The lowest BCUT2D eigenvalue weighted by atomic mass is 9.96. The average Bonchev–Trinajstić information content (AvgIpc) is 3.54. The van der Waals surface area contributed by atoms with E-state index in [1.165, 1.54) is 0 Å². The second-order valence-corrected chi connectivity index (χ2v) is 9.15. The SMILES string of the molecule is CCCc1c(Cc2ccc(-c3ccccc3-c3nn[nH]n3)cc2)c(=O)n2n1C(C)C=CC2C(=O)OCC. The van der Waals surface area contributed by atoms with Gasteiger partial charge in [0.25, 0.3) is 5.56 Å². The first-order valence-electron chi connectivity index (χ1n) is 12.6. The third-order valence-electron chi connectivity index (χ3n) is 6.72. The Morgan fingerprint density at radius 3 is 2.46 bits per heavy atom. The van der Waals surface area contributed by atoms with Gasteiger partial charge in [-0.3, -0.25) is 9.48 Å². The maximum Gasteiger partial charge on any atom is 0.335 e. The molecular weight excluding hydrogens is 468 g/mol. The summed E-state index contributed by atoms with van der Waals surface area (Å²) >= 11 is 0. The number of aromatic nitrogens is 6. The number of benzene rings is 2. The number of hydrogen-bond acceptors (Lipinski definition) is 6. The number of fused-ring (bicyclic) bond motifs is 1. The predicted molar refractivity (Wildman–Crippen MR) is 140 cm³/mol. The Kier molecular flexibility index (Phi) is 6.85. The summed E-state index contributed by atoms with van der Waals surface area (Å²) in [5.74, 6) is 0.126. The number of rotatable bonds is 8.